The van der Waals surface area contributed by atoms with Gasteiger partial charge in [-0.2, -0.15) is 0 Å². The van der Waals surface area contributed by atoms with Gasteiger partial charge in [0.25, 0.3) is 5.91 Å². The molecular weight excluding hydrogens is 354 g/mol. The highest BCUT2D eigenvalue weighted by Crippen LogP contribution is 2.25. The molecule has 2 amide bonds. The third-order valence-corrected chi connectivity index (χ3v) is 4.95. The van der Waals surface area contributed by atoms with E-state index in [9.17, 15) is 9.59 Å². The summed E-state index contributed by atoms with van der Waals surface area (Å²) in [7, 11) is 1.73. The summed E-state index contributed by atoms with van der Waals surface area (Å²) in [6.07, 6.45) is 1.81. The Morgan fingerprint density at radius 2 is 1.89 bits per heavy atom. The second kappa shape index (κ2) is 7.64. The summed E-state index contributed by atoms with van der Waals surface area (Å²) in [4.78, 5) is 29.9. The van der Waals surface area contributed by atoms with Crippen LogP contribution in [0, 0.1) is 0 Å². The molecule has 1 aromatic heterocycles. The molecule has 2 heterocycles. The number of carbonyl (C=O) groups excluding carboxylic acids is 2. The first-order valence-corrected chi connectivity index (χ1v) is 9.23. The number of benzene rings is 2. The van der Waals surface area contributed by atoms with Crippen molar-refractivity contribution in [2.24, 2.45) is 0 Å². The van der Waals surface area contributed by atoms with E-state index in [0.717, 1.165) is 16.8 Å². The Bertz CT molecular complexity index is 999. The van der Waals surface area contributed by atoms with Crippen LogP contribution in [0.5, 0.6) is 0 Å². The van der Waals surface area contributed by atoms with Gasteiger partial charge in [0.05, 0.1) is 0 Å². The zero-order valence-electron chi connectivity index (χ0n) is 15.6. The van der Waals surface area contributed by atoms with Crippen LogP contribution in [0.25, 0.3) is 0 Å². The van der Waals surface area contributed by atoms with Crippen LogP contribution in [0.2, 0.25) is 0 Å². The van der Waals surface area contributed by atoms with E-state index in [0.29, 0.717) is 25.1 Å². The van der Waals surface area contributed by atoms with Crippen LogP contribution in [0.15, 0.2) is 54.6 Å². The van der Waals surface area contributed by atoms with Crippen molar-refractivity contribution in [3.63, 3.8) is 0 Å². The summed E-state index contributed by atoms with van der Waals surface area (Å²) in [5.74, 6) is 0.156. The molecule has 1 aliphatic rings. The Labute approximate surface area is 162 Å². The van der Waals surface area contributed by atoms with E-state index in [1.165, 1.54) is 0 Å². The summed E-state index contributed by atoms with van der Waals surface area (Å²) >= 11 is 0. The third-order valence-electron chi connectivity index (χ3n) is 4.95. The minimum absolute atomic E-state index is 0.114. The lowest BCUT2D eigenvalue weighted by molar-refractivity contribution is -0.120. The number of nitrogens with zero attached hydrogens (tertiary/aromatic N) is 3. The van der Waals surface area contributed by atoms with Crippen molar-refractivity contribution < 1.29 is 9.59 Å². The number of H-pyrrole nitrogens is 1. The second-order valence-corrected chi connectivity index (χ2v) is 6.87. The van der Waals surface area contributed by atoms with E-state index in [-0.39, 0.29) is 11.7 Å². The van der Waals surface area contributed by atoms with Gasteiger partial charge in [0, 0.05) is 19.2 Å². The van der Waals surface area contributed by atoms with Gasteiger partial charge >= 0.3 is 0 Å². The summed E-state index contributed by atoms with van der Waals surface area (Å²) in [5.41, 5.74) is 3.05. The summed E-state index contributed by atoms with van der Waals surface area (Å²) in [6.45, 7) is 0. The molecule has 7 nitrogen and oxygen atoms in total. The van der Waals surface area contributed by atoms with Crippen molar-refractivity contribution in [3.8, 4) is 0 Å². The van der Waals surface area contributed by atoms with Crippen molar-refractivity contribution in [1.29, 1.82) is 0 Å². The van der Waals surface area contributed by atoms with Gasteiger partial charge in [-0.05, 0) is 30.0 Å². The lowest BCUT2D eigenvalue weighted by atomic mass is 10.1. The number of rotatable bonds is 4. The Balaban J connectivity index is 1.45. The van der Waals surface area contributed by atoms with Crippen LogP contribution >= 0.6 is 0 Å². The fourth-order valence-electron chi connectivity index (χ4n) is 3.45. The van der Waals surface area contributed by atoms with Crippen LogP contribution in [0.4, 0.5) is 5.69 Å². The van der Waals surface area contributed by atoms with Crippen molar-refractivity contribution in [2.45, 2.75) is 25.3 Å². The van der Waals surface area contributed by atoms with E-state index < -0.39 is 11.9 Å². The summed E-state index contributed by atoms with van der Waals surface area (Å²) < 4.78 is 0. The van der Waals surface area contributed by atoms with Crippen LogP contribution < -0.4 is 10.2 Å². The number of anilines is 1. The molecular formula is C21H21N5O2. The molecule has 0 saturated carbocycles. The number of likely N-dealkylation sites (N-methyl/N-ethyl adjacent to an activating group) is 1. The van der Waals surface area contributed by atoms with Crippen molar-refractivity contribution >= 4 is 17.5 Å². The molecule has 7 heteroatoms. The summed E-state index contributed by atoms with van der Waals surface area (Å²) in [5, 5.41) is 10.8. The van der Waals surface area contributed by atoms with E-state index in [4.69, 9.17) is 0 Å². The molecule has 3 aromatic rings. The van der Waals surface area contributed by atoms with Crippen molar-refractivity contribution in [3.05, 3.63) is 77.4 Å². The number of para-hydroxylation sites is 1. The molecule has 28 heavy (non-hydrogen) atoms. The van der Waals surface area contributed by atoms with Gasteiger partial charge < -0.3 is 15.2 Å². The maximum atomic E-state index is 12.8. The monoisotopic (exact) mass is 375 g/mol. The van der Waals surface area contributed by atoms with Crippen LogP contribution in [0.1, 0.15) is 34.0 Å². The second-order valence-electron chi connectivity index (χ2n) is 6.87. The fraction of sp³-hybridized carbons (Fsp3) is 0.238. The average molecular weight is 375 g/mol. The van der Waals surface area contributed by atoms with E-state index >= 15 is 0 Å². The number of aryl methyl sites for hydroxylation is 1. The molecule has 2 N–H and O–H groups in total. The molecule has 1 aliphatic heterocycles. The van der Waals surface area contributed by atoms with Crippen LogP contribution in [-0.2, 0) is 17.6 Å². The number of aromatic nitrogens is 3. The molecule has 2 aromatic carbocycles. The van der Waals surface area contributed by atoms with Crippen molar-refractivity contribution in [1.82, 2.24) is 20.5 Å². The Morgan fingerprint density at radius 1 is 1.14 bits per heavy atom. The quantitative estimate of drug-likeness (QED) is 0.731. The number of amides is 2. The van der Waals surface area contributed by atoms with E-state index in [1.54, 1.807) is 11.9 Å². The molecule has 0 fully saturated rings. The van der Waals surface area contributed by atoms with Gasteiger partial charge in [-0.3, -0.25) is 9.59 Å². The van der Waals surface area contributed by atoms with Crippen molar-refractivity contribution in [2.75, 3.05) is 11.9 Å². The SMILES string of the molecule is CN1C(=O)C(NC(=O)c2nnc(Cc3ccccc3)[nH]2)CCc2ccccc21. The van der Waals surface area contributed by atoms with Gasteiger partial charge in [-0.25, -0.2) is 0 Å². The normalized spacial score (nSPS) is 16.4. The molecule has 1 atom stereocenters. The fourth-order valence-corrected chi connectivity index (χ4v) is 3.45. The smallest absolute Gasteiger partial charge is 0.289 e. The highest BCUT2D eigenvalue weighted by Gasteiger charge is 2.30. The van der Waals surface area contributed by atoms with Gasteiger partial charge in [0.2, 0.25) is 11.7 Å². The predicted octanol–water partition coefficient (Wildman–Crippen LogP) is 2.10. The number of hydrogen-bond donors (Lipinski definition) is 2. The van der Waals surface area contributed by atoms with Gasteiger partial charge in [0.1, 0.15) is 11.9 Å². The molecule has 0 radical (unpaired) electrons. The minimum atomic E-state index is -0.604. The van der Waals surface area contributed by atoms with E-state index in [1.807, 2.05) is 54.6 Å². The first-order valence-electron chi connectivity index (χ1n) is 9.23. The molecule has 0 aliphatic carbocycles. The third kappa shape index (κ3) is 3.64. The maximum absolute atomic E-state index is 12.8. The molecule has 1 unspecified atom stereocenters. The van der Waals surface area contributed by atoms with Gasteiger partial charge in [-0.1, -0.05) is 48.5 Å². The molecule has 0 saturated heterocycles. The topological polar surface area (TPSA) is 91.0 Å². The minimum Gasteiger partial charge on any atom is -0.337 e. The summed E-state index contributed by atoms with van der Waals surface area (Å²) in [6, 6.07) is 17.0. The Hall–Kier alpha value is -3.48. The van der Waals surface area contributed by atoms with Gasteiger partial charge in [-0.15, -0.1) is 10.2 Å². The lowest BCUT2D eigenvalue weighted by Crippen LogP contribution is -2.47. The zero-order chi connectivity index (χ0) is 19.5. The number of carbonyl (C=O) groups is 2. The van der Waals surface area contributed by atoms with Crippen LogP contribution in [-0.4, -0.2) is 40.1 Å². The number of hydrogen-bond acceptors (Lipinski definition) is 4. The first kappa shape index (κ1) is 17.9. The maximum Gasteiger partial charge on any atom is 0.289 e. The first-order chi connectivity index (χ1) is 13.6. The largest absolute Gasteiger partial charge is 0.337 e. The molecule has 0 bridgehead atoms. The highest BCUT2D eigenvalue weighted by molar-refractivity contribution is 6.01. The van der Waals surface area contributed by atoms with Gasteiger partial charge in [0.15, 0.2) is 0 Å². The highest BCUT2D eigenvalue weighted by atomic mass is 16.2. The molecule has 4 rings (SSSR count). The zero-order valence-corrected chi connectivity index (χ0v) is 15.6. The van der Waals surface area contributed by atoms with Crippen LogP contribution in [0.3, 0.4) is 0 Å². The standard InChI is InChI=1S/C21H21N5O2/c1-26-17-10-6-5-9-15(17)11-12-16(21(26)28)22-20(27)19-23-18(24-25-19)13-14-7-3-2-4-8-14/h2-10,16H,11-13H2,1H3,(H,22,27)(H,23,24,25). The predicted molar refractivity (Wildman–Crippen MR) is 105 cm³/mol. The molecule has 142 valence electrons. The number of aromatic amines is 1. The number of nitrogens with one attached hydrogen (secondary N) is 2. The molecule has 0 spiro atoms. The average Bonchev–Trinajstić information content (AvgIpc) is 3.15. The number of fused-ring (bicyclic) bond motifs is 1. The van der Waals surface area contributed by atoms with E-state index in [2.05, 4.69) is 20.5 Å². The Morgan fingerprint density at radius 3 is 2.71 bits per heavy atom. The Kier molecular flexibility index (Phi) is 4.89. The lowest BCUT2D eigenvalue weighted by Gasteiger charge is -2.21.